The molecule has 0 aliphatic rings. The van der Waals surface area contributed by atoms with Crippen LogP contribution in [-0.4, -0.2) is 31.4 Å². The van der Waals surface area contributed by atoms with Gasteiger partial charge < -0.3 is 5.32 Å². The van der Waals surface area contributed by atoms with Gasteiger partial charge >= 0.3 is 0 Å². The van der Waals surface area contributed by atoms with Crippen LogP contribution in [0, 0.1) is 5.82 Å². The zero-order chi connectivity index (χ0) is 15.9. The van der Waals surface area contributed by atoms with Crippen molar-refractivity contribution >= 4 is 23.4 Å². The number of carbonyl (C=O) groups is 1. The Hall–Kier alpha value is -1.96. The fraction of sp³-hybridized carbons (Fsp3) is 0.429. The lowest BCUT2D eigenvalue weighted by Gasteiger charge is -2.12. The van der Waals surface area contributed by atoms with Gasteiger partial charge in [0, 0.05) is 12.2 Å². The number of anilines is 1. The van der Waals surface area contributed by atoms with E-state index < -0.39 is 0 Å². The first-order chi connectivity index (χ1) is 10.6. The molecule has 1 heterocycles. The van der Waals surface area contributed by atoms with Crippen LogP contribution in [0.15, 0.2) is 24.3 Å². The number of nitrogens with zero attached hydrogens (tertiary/aromatic N) is 4. The first kappa shape index (κ1) is 16.4. The van der Waals surface area contributed by atoms with E-state index in [-0.39, 0.29) is 17.0 Å². The number of benzene rings is 1. The van der Waals surface area contributed by atoms with Gasteiger partial charge in [0.1, 0.15) is 5.82 Å². The molecule has 1 amide bonds. The minimum atomic E-state index is -0.378. The summed E-state index contributed by atoms with van der Waals surface area (Å²) in [5.41, 5.74) is 0.452. The third-order valence-corrected chi connectivity index (χ3v) is 4.10. The molecule has 8 heteroatoms. The lowest BCUT2D eigenvalue weighted by Crippen LogP contribution is -2.23. The fourth-order valence-electron chi connectivity index (χ4n) is 1.80. The Morgan fingerprint density at radius 1 is 1.50 bits per heavy atom. The summed E-state index contributed by atoms with van der Waals surface area (Å²) < 4.78 is 14.8. The highest BCUT2D eigenvalue weighted by atomic mass is 32.2. The standard InChI is InChI=1S/C14H18FN5OS/c1-3-7-20-13(17-18-19-20)9-22-10(2)14(21)16-12-6-4-5-11(15)8-12/h4-6,8,10H,3,7,9H2,1-2H3,(H,16,21). The van der Waals surface area contributed by atoms with Crippen LogP contribution < -0.4 is 5.32 Å². The van der Waals surface area contributed by atoms with E-state index in [1.165, 1.54) is 23.9 Å². The van der Waals surface area contributed by atoms with Crippen molar-refractivity contribution < 1.29 is 9.18 Å². The minimum Gasteiger partial charge on any atom is -0.325 e. The summed E-state index contributed by atoms with van der Waals surface area (Å²) in [4.78, 5) is 12.1. The molecule has 2 aromatic rings. The van der Waals surface area contributed by atoms with Gasteiger partial charge in [0.15, 0.2) is 5.82 Å². The van der Waals surface area contributed by atoms with Crippen molar-refractivity contribution in [2.45, 2.75) is 37.8 Å². The molecule has 1 atom stereocenters. The number of rotatable bonds is 7. The van der Waals surface area contributed by atoms with Crippen molar-refractivity contribution in [1.82, 2.24) is 20.2 Å². The van der Waals surface area contributed by atoms with Crippen molar-refractivity contribution in [2.24, 2.45) is 0 Å². The van der Waals surface area contributed by atoms with Gasteiger partial charge in [-0.25, -0.2) is 9.07 Å². The van der Waals surface area contributed by atoms with Gasteiger partial charge in [0.25, 0.3) is 0 Å². The molecule has 6 nitrogen and oxygen atoms in total. The van der Waals surface area contributed by atoms with Crippen LogP contribution in [0.2, 0.25) is 0 Å². The maximum atomic E-state index is 13.1. The lowest BCUT2D eigenvalue weighted by atomic mass is 10.3. The number of amides is 1. The number of hydrogen-bond acceptors (Lipinski definition) is 5. The molecule has 1 N–H and O–H groups in total. The quantitative estimate of drug-likeness (QED) is 0.847. The number of hydrogen-bond donors (Lipinski definition) is 1. The number of tetrazole rings is 1. The molecule has 1 unspecified atom stereocenters. The molecule has 0 aliphatic heterocycles. The highest BCUT2D eigenvalue weighted by Gasteiger charge is 2.16. The van der Waals surface area contributed by atoms with E-state index in [9.17, 15) is 9.18 Å². The monoisotopic (exact) mass is 323 g/mol. The van der Waals surface area contributed by atoms with Crippen molar-refractivity contribution in [3.05, 3.63) is 35.9 Å². The molecule has 0 spiro atoms. The second-order valence-corrected chi connectivity index (χ2v) is 6.10. The Morgan fingerprint density at radius 2 is 2.32 bits per heavy atom. The highest BCUT2D eigenvalue weighted by Crippen LogP contribution is 2.18. The van der Waals surface area contributed by atoms with Gasteiger partial charge in [0.2, 0.25) is 5.91 Å². The van der Waals surface area contributed by atoms with Gasteiger partial charge in [-0.3, -0.25) is 4.79 Å². The molecular formula is C14H18FN5OS. The number of thioether (sulfide) groups is 1. The number of nitrogens with one attached hydrogen (secondary N) is 1. The number of halogens is 1. The minimum absolute atomic E-state index is 0.176. The summed E-state index contributed by atoms with van der Waals surface area (Å²) in [6.45, 7) is 4.60. The smallest absolute Gasteiger partial charge is 0.237 e. The second-order valence-electron chi connectivity index (χ2n) is 4.77. The van der Waals surface area contributed by atoms with Crippen LogP contribution in [-0.2, 0) is 17.1 Å². The third-order valence-electron chi connectivity index (χ3n) is 2.97. The summed E-state index contributed by atoms with van der Waals surface area (Å²) in [6, 6.07) is 5.83. The highest BCUT2D eigenvalue weighted by molar-refractivity contribution is 7.99. The van der Waals surface area contributed by atoms with Crippen molar-refractivity contribution in [2.75, 3.05) is 5.32 Å². The molecule has 0 fully saturated rings. The van der Waals surface area contributed by atoms with Crippen LogP contribution in [0.25, 0.3) is 0 Å². The molecule has 0 radical (unpaired) electrons. The molecule has 1 aromatic heterocycles. The van der Waals surface area contributed by atoms with E-state index in [1.54, 1.807) is 23.7 Å². The molecule has 0 bridgehead atoms. The molecule has 0 saturated carbocycles. The number of carbonyl (C=O) groups excluding carboxylic acids is 1. The van der Waals surface area contributed by atoms with E-state index in [4.69, 9.17) is 0 Å². The normalized spacial score (nSPS) is 12.1. The average molecular weight is 323 g/mol. The van der Waals surface area contributed by atoms with Crippen LogP contribution >= 0.6 is 11.8 Å². The number of aromatic nitrogens is 4. The third kappa shape index (κ3) is 4.52. The largest absolute Gasteiger partial charge is 0.325 e. The van der Waals surface area contributed by atoms with Crippen LogP contribution in [0.5, 0.6) is 0 Å². The maximum Gasteiger partial charge on any atom is 0.237 e. The summed E-state index contributed by atoms with van der Waals surface area (Å²) in [5.74, 6) is 0.740. The lowest BCUT2D eigenvalue weighted by molar-refractivity contribution is -0.115. The SMILES string of the molecule is CCCn1nnnc1CSC(C)C(=O)Nc1cccc(F)c1. The van der Waals surface area contributed by atoms with Crippen molar-refractivity contribution in [1.29, 1.82) is 0 Å². The second kappa shape index (κ2) is 7.88. The number of aryl methyl sites for hydroxylation is 1. The van der Waals surface area contributed by atoms with E-state index >= 15 is 0 Å². The first-order valence-corrected chi connectivity index (χ1v) is 8.08. The first-order valence-electron chi connectivity index (χ1n) is 7.03. The van der Waals surface area contributed by atoms with Crippen molar-refractivity contribution in [3.8, 4) is 0 Å². The van der Waals surface area contributed by atoms with E-state index in [0.717, 1.165) is 18.8 Å². The van der Waals surface area contributed by atoms with Gasteiger partial charge in [-0.15, -0.1) is 16.9 Å². The van der Waals surface area contributed by atoms with Crippen LogP contribution in [0.3, 0.4) is 0 Å². The summed E-state index contributed by atoms with van der Waals surface area (Å²) >= 11 is 1.44. The van der Waals surface area contributed by atoms with Crippen LogP contribution in [0.1, 0.15) is 26.1 Å². The molecule has 118 valence electrons. The van der Waals surface area contributed by atoms with Crippen LogP contribution in [0.4, 0.5) is 10.1 Å². The predicted octanol–water partition coefficient (Wildman–Crippen LogP) is 2.48. The maximum absolute atomic E-state index is 13.1. The zero-order valence-electron chi connectivity index (χ0n) is 12.5. The molecule has 22 heavy (non-hydrogen) atoms. The average Bonchev–Trinajstić information content (AvgIpc) is 2.92. The summed E-state index contributed by atoms with van der Waals surface area (Å²) in [7, 11) is 0. The molecular weight excluding hydrogens is 305 g/mol. The van der Waals surface area contributed by atoms with Gasteiger partial charge in [-0.1, -0.05) is 13.0 Å². The Kier molecular flexibility index (Phi) is 5.88. The predicted molar refractivity (Wildman–Crippen MR) is 83.9 cm³/mol. The van der Waals surface area contributed by atoms with E-state index in [2.05, 4.69) is 20.8 Å². The Morgan fingerprint density at radius 3 is 3.05 bits per heavy atom. The molecule has 0 aliphatic carbocycles. The topological polar surface area (TPSA) is 72.7 Å². The molecule has 0 saturated heterocycles. The Balaban J connectivity index is 1.87. The summed E-state index contributed by atoms with van der Waals surface area (Å²) in [5, 5.41) is 13.9. The fourth-order valence-corrected chi connectivity index (χ4v) is 2.61. The van der Waals surface area contributed by atoms with Gasteiger partial charge in [0.05, 0.1) is 11.0 Å². The van der Waals surface area contributed by atoms with Crippen molar-refractivity contribution in [3.63, 3.8) is 0 Å². The summed E-state index contributed by atoms with van der Waals surface area (Å²) in [6.07, 6.45) is 0.943. The van der Waals surface area contributed by atoms with Gasteiger partial charge in [-0.2, -0.15) is 0 Å². The Bertz CT molecular complexity index is 633. The Labute approximate surface area is 132 Å². The van der Waals surface area contributed by atoms with Gasteiger partial charge in [-0.05, 0) is 42.0 Å². The van der Waals surface area contributed by atoms with E-state index in [0.29, 0.717) is 11.4 Å². The molecule has 2 rings (SSSR count). The zero-order valence-corrected chi connectivity index (χ0v) is 13.3. The molecule has 1 aromatic carbocycles. The van der Waals surface area contributed by atoms with E-state index in [1.807, 2.05) is 6.92 Å².